The Morgan fingerprint density at radius 2 is 1.80 bits per heavy atom. The molecule has 20 heavy (non-hydrogen) atoms. The highest BCUT2D eigenvalue weighted by atomic mass is 79.9. The molecule has 0 aliphatic carbocycles. The summed E-state index contributed by atoms with van der Waals surface area (Å²) in [7, 11) is 1.62. The minimum atomic E-state index is -0.248. The number of anilines is 1. The third kappa shape index (κ3) is 3.52. The second-order valence-corrected chi connectivity index (χ2v) is 6.14. The van der Waals surface area contributed by atoms with Gasteiger partial charge in [0, 0.05) is 6.54 Å². The predicted molar refractivity (Wildman–Crippen MR) is 86.9 cm³/mol. The van der Waals surface area contributed by atoms with Crippen molar-refractivity contribution in [2.24, 2.45) is 0 Å². The molecule has 0 radical (unpaired) electrons. The van der Waals surface area contributed by atoms with Gasteiger partial charge in [0.15, 0.2) is 0 Å². The molecule has 0 heterocycles. The molecule has 0 saturated heterocycles. The molecule has 2 aromatic rings. The van der Waals surface area contributed by atoms with E-state index in [1.54, 1.807) is 19.2 Å². The minimum Gasteiger partial charge on any atom is -0.494 e. The van der Waals surface area contributed by atoms with Crippen molar-refractivity contribution in [3.05, 3.63) is 56.2 Å². The molecule has 106 valence electrons. The van der Waals surface area contributed by atoms with E-state index >= 15 is 0 Å². The lowest BCUT2D eigenvalue weighted by atomic mass is 10.2. The quantitative estimate of drug-likeness (QED) is 0.751. The number of halogens is 3. The summed E-state index contributed by atoms with van der Waals surface area (Å²) in [6.07, 6.45) is 0. The summed E-state index contributed by atoms with van der Waals surface area (Å²) < 4.78 is 20.6. The van der Waals surface area contributed by atoms with Gasteiger partial charge in [0.25, 0.3) is 0 Å². The van der Waals surface area contributed by atoms with E-state index in [0.29, 0.717) is 12.2 Å². The average molecular weight is 403 g/mol. The largest absolute Gasteiger partial charge is 0.494 e. The summed E-state index contributed by atoms with van der Waals surface area (Å²) in [4.78, 5) is 0. The van der Waals surface area contributed by atoms with Gasteiger partial charge in [0.2, 0.25) is 0 Å². The van der Waals surface area contributed by atoms with Gasteiger partial charge in [-0.05, 0) is 74.2 Å². The fourth-order valence-electron chi connectivity index (χ4n) is 1.88. The number of rotatable bonds is 4. The topological polar surface area (TPSA) is 21.3 Å². The van der Waals surface area contributed by atoms with Gasteiger partial charge in [-0.2, -0.15) is 0 Å². The SMILES string of the molecule is COc1c(Br)cc(CNc2cc(C)ccc2F)cc1Br. The van der Waals surface area contributed by atoms with E-state index in [9.17, 15) is 4.39 Å². The Kier molecular flexibility index (Phi) is 5.05. The van der Waals surface area contributed by atoms with Crippen molar-refractivity contribution >= 4 is 37.5 Å². The zero-order valence-electron chi connectivity index (χ0n) is 11.1. The summed E-state index contributed by atoms with van der Waals surface area (Å²) in [5, 5.41) is 3.10. The summed E-state index contributed by atoms with van der Waals surface area (Å²) in [5.74, 6) is 0.498. The van der Waals surface area contributed by atoms with Gasteiger partial charge in [-0.15, -0.1) is 0 Å². The van der Waals surface area contributed by atoms with Crippen LogP contribution < -0.4 is 10.1 Å². The highest BCUT2D eigenvalue weighted by Gasteiger charge is 2.08. The zero-order chi connectivity index (χ0) is 14.7. The fraction of sp³-hybridized carbons (Fsp3) is 0.200. The van der Waals surface area contributed by atoms with Gasteiger partial charge in [-0.1, -0.05) is 6.07 Å². The normalized spacial score (nSPS) is 10.4. The molecule has 1 N–H and O–H groups in total. The molecule has 0 spiro atoms. The van der Waals surface area contributed by atoms with Gasteiger partial charge in [0.1, 0.15) is 11.6 Å². The molecule has 2 aromatic carbocycles. The van der Waals surface area contributed by atoms with E-state index in [1.165, 1.54) is 6.07 Å². The highest BCUT2D eigenvalue weighted by molar-refractivity contribution is 9.11. The molecule has 0 aromatic heterocycles. The van der Waals surface area contributed by atoms with Crippen molar-refractivity contribution in [1.82, 2.24) is 0 Å². The maximum absolute atomic E-state index is 13.6. The van der Waals surface area contributed by atoms with Crippen LogP contribution in [0.25, 0.3) is 0 Å². The van der Waals surface area contributed by atoms with E-state index in [-0.39, 0.29) is 5.82 Å². The van der Waals surface area contributed by atoms with Crippen LogP contribution in [0.4, 0.5) is 10.1 Å². The molecule has 2 rings (SSSR count). The van der Waals surface area contributed by atoms with Crippen LogP contribution >= 0.6 is 31.9 Å². The molecule has 0 unspecified atom stereocenters. The lowest BCUT2D eigenvalue weighted by molar-refractivity contribution is 0.409. The number of nitrogens with one attached hydrogen (secondary N) is 1. The average Bonchev–Trinajstić information content (AvgIpc) is 2.39. The third-order valence-electron chi connectivity index (χ3n) is 2.87. The first-order valence-corrected chi connectivity index (χ1v) is 7.62. The lowest BCUT2D eigenvalue weighted by Gasteiger charge is -2.12. The molecular formula is C15H14Br2FNO. The summed E-state index contributed by atoms with van der Waals surface area (Å²) in [5.41, 5.74) is 2.55. The lowest BCUT2D eigenvalue weighted by Crippen LogP contribution is -2.02. The van der Waals surface area contributed by atoms with Crippen LogP contribution in [0.2, 0.25) is 0 Å². The molecule has 0 aliphatic heterocycles. The van der Waals surface area contributed by atoms with Gasteiger partial charge >= 0.3 is 0 Å². The molecule has 2 nitrogen and oxygen atoms in total. The second-order valence-electron chi connectivity index (χ2n) is 4.43. The number of aryl methyl sites for hydroxylation is 1. The first kappa shape index (κ1) is 15.3. The van der Waals surface area contributed by atoms with Crippen molar-refractivity contribution in [3.63, 3.8) is 0 Å². The molecule has 0 aliphatic rings. The fourth-order valence-corrected chi connectivity index (χ4v) is 3.49. The number of hydrogen-bond donors (Lipinski definition) is 1. The maximum Gasteiger partial charge on any atom is 0.147 e. The smallest absolute Gasteiger partial charge is 0.147 e. The summed E-state index contributed by atoms with van der Waals surface area (Å²) >= 11 is 6.91. The zero-order valence-corrected chi connectivity index (χ0v) is 14.3. The minimum absolute atomic E-state index is 0.248. The second kappa shape index (κ2) is 6.59. The third-order valence-corrected chi connectivity index (χ3v) is 4.05. The van der Waals surface area contributed by atoms with Crippen LogP contribution in [0.15, 0.2) is 39.3 Å². The molecular weight excluding hydrogens is 389 g/mol. The first-order chi connectivity index (χ1) is 9.51. The van der Waals surface area contributed by atoms with Gasteiger partial charge in [-0.3, -0.25) is 0 Å². The number of hydrogen-bond acceptors (Lipinski definition) is 2. The van der Waals surface area contributed by atoms with E-state index in [4.69, 9.17) is 4.74 Å². The Morgan fingerprint density at radius 1 is 1.15 bits per heavy atom. The first-order valence-electron chi connectivity index (χ1n) is 6.03. The number of ether oxygens (including phenoxy) is 1. The Labute approximate surface area is 134 Å². The van der Waals surface area contributed by atoms with Crippen LogP contribution in [-0.4, -0.2) is 7.11 Å². The molecule has 0 saturated carbocycles. The summed E-state index contributed by atoms with van der Waals surface area (Å²) in [6, 6.07) is 8.91. The van der Waals surface area contributed by atoms with Gasteiger partial charge in [-0.25, -0.2) is 4.39 Å². The number of methoxy groups -OCH3 is 1. The van der Waals surface area contributed by atoms with Crippen molar-refractivity contribution in [2.45, 2.75) is 13.5 Å². The van der Waals surface area contributed by atoms with Crippen molar-refractivity contribution in [3.8, 4) is 5.75 Å². The Balaban J connectivity index is 2.17. The van der Waals surface area contributed by atoms with E-state index in [2.05, 4.69) is 37.2 Å². The monoisotopic (exact) mass is 401 g/mol. The molecule has 5 heteroatoms. The van der Waals surface area contributed by atoms with Crippen molar-refractivity contribution < 1.29 is 9.13 Å². The Bertz CT molecular complexity index is 608. The van der Waals surface area contributed by atoms with E-state index in [0.717, 1.165) is 25.8 Å². The van der Waals surface area contributed by atoms with Crippen LogP contribution in [0, 0.1) is 12.7 Å². The van der Waals surface area contributed by atoms with E-state index < -0.39 is 0 Å². The van der Waals surface area contributed by atoms with Crippen LogP contribution in [0.1, 0.15) is 11.1 Å². The van der Waals surface area contributed by atoms with Crippen LogP contribution in [0.5, 0.6) is 5.75 Å². The Hall–Kier alpha value is -1.07. The summed E-state index contributed by atoms with van der Waals surface area (Å²) in [6.45, 7) is 2.47. The highest BCUT2D eigenvalue weighted by Crippen LogP contribution is 2.34. The van der Waals surface area contributed by atoms with Crippen molar-refractivity contribution in [1.29, 1.82) is 0 Å². The van der Waals surface area contributed by atoms with Crippen molar-refractivity contribution in [2.75, 3.05) is 12.4 Å². The molecule has 0 atom stereocenters. The molecule has 0 bridgehead atoms. The van der Waals surface area contributed by atoms with Gasteiger partial charge in [0.05, 0.1) is 21.7 Å². The Morgan fingerprint density at radius 3 is 2.40 bits per heavy atom. The number of benzene rings is 2. The standard InChI is InChI=1S/C15H14Br2FNO/c1-9-3-4-13(18)14(5-9)19-8-10-6-11(16)15(20-2)12(17)7-10/h3-7,19H,8H2,1-2H3. The van der Waals surface area contributed by atoms with Crippen LogP contribution in [-0.2, 0) is 6.54 Å². The molecule has 0 fully saturated rings. The van der Waals surface area contributed by atoms with Gasteiger partial charge < -0.3 is 10.1 Å². The molecule has 0 amide bonds. The maximum atomic E-state index is 13.6. The predicted octanol–water partition coefficient (Wildman–Crippen LogP) is 5.28. The van der Waals surface area contributed by atoms with Crippen LogP contribution in [0.3, 0.4) is 0 Å². The van der Waals surface area contributed by atoms with E-state index in [1.807, 2.05) is 19.1 Å².